The van der Waals surface area contributed by atoms with Crippen molar-refractivity contribution in [2.45, 2.75) is 46.5 Å². The molecule has 0 amide bonds. The third-order valence-corrected chi connectivity index (χ3v) is 7.68. The van der Waals surface area contributed by atoms with Gasteiger partial charge in [0, 0.05) is 21.4 Å². The number of aromatic nitrogens is 2. The van der Waals surface area contributed by atoms with Gasteiger partial charge in [-0.05, 0) is 87.1 Å². The average Bonchev–Trinajstić information content (AvgIpc) is 3.54. The van der Waals surface area contributed by atoms with Crippen molar-refractivity contribution in [3.63, 3.8) is 0 Å². The molecular weight excluding hydrogens is 516 g/mol. The van der Waals surface area contributed by atoms with Gasteiger partial charge in [0.2, 0.25) is 0 Å². The quantitative estimate of drug-likeness (QED) is 0.0695. The summed E-state index contributed by atoms with van der Waals surface area (Å²) in [7, 11) is 0. The molecule has 3 N–H and O–H groups in total. The lowest BCUT2D eigenvalue weighted by molar-refractivity contribution is 0.234. The molecule has 4 aromatic rings. The van der Waals surface area contributed by atoms with Crippen molar-refractivity contribution in [2.75, 3.05) is 13.2 Å². The molecule has 2 heterocycles. The fourth-order valence-corrected chi connectivity index (χ4v) is 5.98. The Morgan fingerprint density at radius 1 is 0.947 bits per heavy atom. The molecule has 38 heavy (non-hydrogen) atoms. The number of ether oxygens (including phenoxy) is 2. The molecule has 9 heteroatoms. The highest BCUT2D eigenvalue weighted by atomic mass is 32.1. The minimum absolute atomic E-state index is 0.0409. The number of nitrogens with one attached hydrogen (secondary N) is 2. The van der Waals surface area contributed by atoms with Crippen LogP contribution in [0.5, 0.6) is 11.5 Å². The molecule has 200 valence electrons. The summed E-state index contributed by atoms with van der Waals surface area (Å²) in [6.07, 6.45) is 3.91. The van der Waals surface area contributed by atoms with E-state index in [1.165, 1.54) is 4.88 Å². The van der Waals surface area contributed by atoms with E-state index in [9.17, 15) is 0 Å². The molecule has 2 aromatic heterocycles. The number of benzene rings is 2. The van der Waals surface area contributed by atoms with E-state index in [-0.39, 0.29) is 5.84 Å². The van der Waals surface area contributed by atoms with E-state index in [4.69, 9.17) is 30.1 Å². The number of aryl methyl sites for hydroxylation is 1. The van der Waals surface area contributed by atoms with E-state index < -0.39 is 0 Å². The Balaban J connectivity index is 1.19. The van der Waals surface area contributed by atoms with Gasteiger partial charge in [-0.1, -0.05) is 13.8 Å². The molecule has 0 unspecified atom stereocenters. The van der Waals surface area contributed by atoms with Gasteiger partial charge < -0.3 is 9.47 Å². The van der Waals surface area contributed by atoms with E-state index in [2.05, 4.69) is 38.3 Å². The Kier molecular flexibility index (Phi) is 9.86. The SMILES string of the molecule is Cc1nc(-c2nc(-c3ccc(OCCCCCOc4ccc(C(=N)NO)cc4)cc3)cs2)c(CC(C)C)s1. The van der Waals surface area contributed by atoms with Crippen LogP contribution in [0.2, 0.25) is 0 Å². The standard InChI is InChI=1S/C29H34N4O3S2/c1-19(2)17-26-27(31-20(3)38-26)29-32-25(18-37-29)21-7-11-23(12-8-21)35-15-5-4-6-16-36-24-13-9-22(10-14-24)28(30)33-34/h7-14,18-19,34H,4-6,15-17H2,1-3H3,(H2,30,33). The molecule has 0 aliphatic carbocycles. The number of hydrogen-bond donors (Lipinski definition) is 3. The van der Waals surface area contributed by atoms with Crippen LogP contribution in [0.15, 0.2) is 53.9 Å². The minimum atomic E-state index is -0.0409. The number of hydroxylamine groups is 1. The third-order valence-electron chi connectivity index (χ3n) is 5.84. The summed E-state index contributed by atoms with van der Waals surface area (Å²) in [5.41, 5.74) is 5.52. The van der Waals surface area contributed by atoms with Crippen LogP contribution in [0.3, 0.4) is 0 Å². The zero-order valence-corrected chi connectivity index (χ0v) is 23.6. The lowest BCUT2D eigenvalue weighted by Gasteiger charge is -2.09. The van der Waals surface area contributed by atoms with Crippen molar-refractivity contribution in [1.82, 2.24) is 15.4 Å². The minimum Gasteiger partial charge on any atom is -0.494 e. The smallest absolute Gasteiger partial charge is 0.149 e. The Hall–Kier alpha value is -3.27. The molecule has 0 aliphatic heterocycles. The fraction of sp³-hybridized carbons (Fsp3) is 0.345. The molecule has 7 nitrogen and oxygen atoms in total. The summed E-state index contributed by atoms with van der Waals surface area (Å²) >= 11 is 3.43. The maximum atomic E-state index is 8.78. The number of amidine groups is 1. The van der Waals surface area contributed by atoms with Gasteiger partial charge in [-0.15, -0.1) is 22.7 Å². The summed E-state index contributed by atoms with van der Waals surface area (Å²) in [5.74, 6) is 2.16. The molecule has 0 saturated heterocycles. The fourth-order valence-electron chi connectivity index (χ4n) is 3.93. The molecule has 0 spiro atoms. The van der Waals surface area contributed by atoms with Crippen LogP contribution in [0.1, 0.15) is 48.6 Å². The van der Waals surface area contributed by atoms with Gasteiger partial charge >= 0.3 is 0 Å². The van der Waals surface area contributed by atoms with E-state index in [1.54, 1.807) is 46.9 Å². The monoisotopic (exact) mass is 550 g/mol. The van der Waals surface area contributed by atoms with E-state index in [0.717, 1.165) is 64.1 Å². The lowest BCUT2D eigenvalue weighted by atomic mass is 10.1. The van der Waals surface area contributed by atoms with E-state index in [1.807, 2.05) is 17.6 Å². The van der Waals surface area contributed by atoms with Crippen molar-refractivity contribution < 1.29 is 14.7 Å². The van der Waals surface area contributed by atoms with Gasteiger partial charge in [-0.3, -0.25) is 16.1 Å². The van der Waals surface area contributed by atoms with Crippen molar-refractivity contribution in [2.24, 2.45) is 5.92 Å². The second kappa shape index (κ2) is 13.5. The van der Waals surface area contributed by atoms with Crippen molar-refractivity contribution in [1.29, 1.82) is 5.41 Å². The summed E-state index contributed by atoms with van der Waals surface area (Å²) in [6.45, 7) is 7.82. The molecule has 4 rings (SSSR count). The van der Waals surface area contributed by atoms with Crippen LogP contribution < -0.4 is 15.0 Å². The largest absolute Gasteiger partial charge is 0.494 e. The van der Waals surface area contributed by atoms with Crippen molar-refractivity contribution in [3.8, 4) is 33.5 Å². The maximum Gasteiger partial charge on any atom is 0.149 e. The molecule has 0 saturated carbocycles. The topological polar surface area (TPSA) is 100 Å². The summed E-state index contributed by atoms with van der Waals surface area (Å²) in [6, 6.07) is 15.2. The Labute approximate surface area is 232 Å². The third kappa shape index (κ3) is 7.63. The van der Waals surface area contributed by atoms with Crippen LogP contribution >= 0.6 is 22.7 Å². The number of hydrogen-bond acceptors (Lipinski definition) is 8. The van der Waals surface area contributed by atoms with Gasteiger partial charge in [0.25, 0.3) is 0 Å². The van der Waals surface area contributed by atoms with Crippen LogP contribution in [-0.2, 0) is 6.42 Å². The normalized spacial score (nSPS) is 11.1. The van der Waals surface area contributed by atoms with Gasteiger partial charge in [-0.25, -0.2) is 9.97 Å². The van der Waals surface area contributed by atoms with Gasteiger partial charge in [0.15, 0.2) is 0 Å². The van der Waals surface area contributed by atoms with E-state index >= 15 is 0 Å². The van der Waals surface area contributed by atoms with E-state index in [0.29, 0.717) is 24.7 Å². The number of nitrogens with zero attached hydrogens (tertiary/aromatic N) is 2. The Morgan fingerprint density at radius 2 is 1.58 bits per heavy atom. The van der Waals surface area contributed by atoms with Crippen molar-refractivity contribution >= 4 is 28.5 Å². The maximum absolute atomic E-state index is 8.78. The molecule has 0 radical (unpaired) electrons. The first-order valence-corrected chi connectivity index (χ1v) is 14.5. The zero-order valence-electron chi connectivity index (χ0n) is 22.0. The number of rotatable bonds is 13. The summed E-state index contributed by atoms with van der Waals surface area (Å²) in [5, 5.41) is 20.5. The first-order chi connectivity index (χ1) is 18.4. The van der Waals surface area contributed by atoms with Crippen molar-refractivity contribution in [3.05, 3.63) is 69.4 Å². The average molecular weight is 551 g/mol. The highest BCUT2D eigenvalue weighted by Gasteiger charge is 2.16. The summed E-state index contributed by atoms with van der Waals surface area (Å²) < 4.78 is 11.7. The second-order valence-corrected chi connectivity index (χ2v) is 11.6. The van der Waals surface area contributed by atoms with Crippen LogP contribution in [0.4, 0.5) is 0 Å². The predicted molar refractivity (Wildman–Crippen MR) is 155 cm³/mol. The Bertz CT molecular complexity index is 1310. The lowest BCUT2D eigenvalue weighted by Crippen LogP contribution is -2.18. The van der Waals surface area contributed by atoms with Crippen LogP contribution in [-0.4, -0.2) is 34.2 Å². The Morgan fingerprint density at radius 3 is 2.18 bits per heavy atom. The first kappa shape index (κ1) is 27.8. The molecule has 0 aliphatic rings. The van der Waals surface area contributed by atoms with Gasteiger partial charge in [-0.2, -0.15) is 0 Å². The van der Waals surface area contributed by atoms with Gasteiger partial charge in [0.1, 0.15) is 28.0 Å². The molecule has 0 bridgehead atoms. The highest BCUT2D eigenvalue weighted by molar-refractivity contribution is 7.15. The summed E-state index contributed by atoms with van der Waals surface area (Å²) in [4.78, 5) is 11.0. The molecule has 0 atom stereocenters. The van der Waals surface area contributed by atoms with Gasteiger partial charge in [0.05, 0.1) is 23.9 Å². The first-order valence-electron chi connectivity index (χ1n) is 12.8. The molecule has 0 fully saturated rings. The van der Waals surface area contributed by atoms with Crippen LogP contribution in [0.25, 0.3) is 22.0 Å². The second-order valence-electron chi connectivity index (χ2n) is 9.43. The number of unbranched alkanes of at least 4 members (excludes halogenated alkanes) is 2. The highest BCUT2D eigenvalue weighted by Crippen LogP contribution is 2.34. The zero-order chi connectivity index (χ0) is 26.9. The number of thiazole rings is 2. The molecule has 2 aromatic carbocycles. The van der Waals surface area contributed by atoms with Crippen LogP contribution in [0, 0.1) is 18.3 Å². The molecular formula is C29H34N4O3S2. The predicted octanol–water partition coefficient (Wildman–Crippen LogP) is 7.37.